The summed E-state index contributed by atoms with van der Waals surface area (Å²) < 4.78 is 7.09. The summed E-state index contributed by atoms with van der Waals surface area (Å²) in [5.41, 5.74) is 4.31. The molecule has 1 aromatic heterocycles. The predicted octanol–water partition coefficient (Wildman–Crippen LogP) is 4.01. The van der Waals surface area contributed by atoms with Crippen molar-refractivity contribution in [3.05, 3.63) is 59.7 Å². The van der Waals surface area contributed by atoms with Crippen molar-refractivity contribution in [2.75, 3.05) is 7.11 Å². The SMILES string of the molecule is COc1ccc(C2=Nn3c(nnc3-c3ccc(C)cc3)S[C@H]2C)cc1. The molecule has 0 N–H and O–H groups in total. The molecule has 0 amide bonds. The molecule has 0 spiro atoms. The van der Waals surface area contributed by atoms with Crippen LogP contribution in [-0.4, -0.2) is 32.9 Å². The number of aromatic nitrogens is 3. The lowest BCUT2D eigenvalue weighted by Crippen LogP contribution is -2.21. The lowest BCUT2D eigenvalue weighted by atomic mass is 10.1. The molecule has 0 saturated heterocycles. The van der Waals surface area contributed by atoms with Gasteiger partial charge in [0.05, 0.1) is 18.1 Å². The maximum Gasteiger partial charge on any atom is 0.213 e. The smallest absolute Gasteiger partial charge is 0.213 e. The molecular formula is C19H18N4OS. The van der Waals surface area contributed by atoms with Gasteiger partial charge in [-0.1, -0.05) is 41.6 Å². The molecular weight excluding hydrogens is 332 g/mol. The van der Waals surface area contributed by atoms with E-state index in [1.54, 1.807) is 18.9 Å². The maximum absolute atomic E-state index is 5.24. The molecule has 2 heterocycles. The van der Waals surface area contributed by atoms with Crippen LogP contribution >= 0.6 is 11.8 Å². The second-order valence-corrected chi connectivity index (χ2v) is 7.27. The van der Waals surface area contributed by atoms with Crippen LogP contribution in [0.15, 0.2) is 58.8 Å². The minimum atomic E-state index is 0.205. The summed E-state index contributed by atoms with van der Waals surface area (Å²) in [6, 6.07) is 16.2. The van der Waals surface area contributed by atoms with E-state index >= 15 is 0 Å². The van der Waals surface area contributed by atoms with Crippen LogP contribution in [0.4, 0.5) is 0 Å². The summed E-state index contributed by atoms with van der Waals surface area (Å²) in [5, 5.41) is 14.5. The molecule has 1 aliphatic heterocycles. The fourth-order valence-electron chi connectivity index (χ4n) is 2.77. The van der Waals surface area contributed by atoms with Gasteiger partial charge in [0.2, 0.25) is 5.16 Å². The molecule has 126 valence electrons. The standard InChI is InChI=1S/C19H18N4OS/c1-12-4-6-15(7-5-12)18-20-21-19-23(18)22-17(13(2)25-19)14-8-10-16(24-3)11-9-14/h4-11,13H,1-3H3/t13-/m0/s1. The average molecular weight is 350 g/mol. The number of aryl methyl sites for hydroxylation is 1. The zero-order chi connectivity index (χ0) is 17.4. The van der Waals surface area contributed by atoms with Crippen LogP contribution in [0.25, 0.3) is 11.4 Å². The van der Waals surface area contributed by atoms with Gasteiger partial charge in [-0.2, -0.15) is 9.78 Å². The zero-order valence-corrected chi connectivity index (χ0v) is 15.1. The highest BCUT2D eigenvalue weighted by molar-refractivity contribution is 8.00. The third kappa shape index (κ3) is 2.93. The van der Waals surface area contributed by atoms with Gasteiger partial charge in [-0.05, 0) is 43.7 Å². The van der Waals surface area contributed by atoms with E-state index in [0.717, 1.165) is 33.6 Å². The summed E-state index contributed by atoms with van der Waals surface area (Å²) in [5.74, 6) is 1.60. The fourth-order valence-corrected chi connectivity index (χ4v) is 3.70. The maximum atomic E-state index is 5.24. The van der Waals surface area contributed by atoms with Crippen molar-refractivity contribution in [1.29, 1.82) is 0 Å². The molecule has 1 atom stereocenters. The first kappa shape index (κ1) is 15.9. The van der Waals surface area contributed by atoms with Crippen LogP contribution in [0.3, 0.4) is 0 Å². The highest BCUT2D eigenvalue weighted by atomic mass is 32.2. The molecule has 0 radical (unpaired) electrons. The average Bonchev–Trinajstić information content (AvgIpc) is 3.04. The molecule has 4 rings (SSSR count). The third-order valence-electron chi connectivity index (χ3n) is 4.18. The zero-order valence-electron chi connectivity index (χ0n) is 14.3. The third-order valence-corrected chi connectivity index (χ3v) is 5.22. The van der Waals surface area contributed by atoms with Crippen LogP contribution in [-0.2, 0) is 0 Å². The monoisotopic (exact) mass is 350 g/mol. The molecule has 1 aliphatic rings. The van der Waals surface area contributed by atoms with Gasteiger partial charge in [0.15, 0.2) is 5.82 Å². The first-order chi connectivity index (χ1) is 12.2. The second-order valence-electron chi connectivity index (χ2n) is 5.96. The van der Waals surface area contributed by atoms with Crippen molar-refractivity contribution in [3.63, 3.8) is 0 Å². The molecule has 0 unspecified atom stereocenters. The Morgan fingerprint density at radius 3 is 2.32 bits per heavy atom. The Morgan fingerprint density at radius 1 is 0.960 bits per heavy atom. The van der Waals surface area contributed by atoms with Gasteiger partial charge in [-0.3, -0.25) is 0 Å². The minimum Gasteiger partial charge on any atom is -0.497 e. The molecule has 5 nitrogen and oxygen atoms in total. The molecule has 25 heavy (non-hydrogen) atoms. The summed E-state index contributed by atoms with van der Waals surface area (Å²) in [4.78, 5) is 0. The Labute approximate surface area is 150 Å². The van der Waals surface area contributed by atoms with Gasteiger partial charge < -0.3 is 4.74 Å². The van der Waals surface area contributed by atoms with E-state index in [0.29, 0.717) is 0 Å². The summed E-state index contributed by atoms with van der Waals surface area (Å²) in [6.07, 6.45) is 0. The molecule has 0 aliphatic carbocycles. The summed E-state index contributed by atoms with van der Waals surface area (Å²) >= 11 is 1.67. The largest absolute Gasteiger partial charge is 0.497 e. The molecule has 6 heteroatoms. The van der Waals surface area contributed by atoms with Crippen molar-refractivity contribution in [1.82, 2.24) is 14.9 Å². The minimum absolute atomic E-state index is 0.205. The number of rotatable bonds is 3. The van der Waals surface area contributed by atoms with Gasteiger partial charge in [0, 0.05) is 5.56 Å². The topological polar surface area (TPSA) is 52.3 Å². The first-order valence-corrected chi connectivity index (χ1v) is 8.96. The number of ether oxygens (including phenoxy) is 1. The van der Waals surface area contributed by atoms with Gasteiger partial charge in [-0.15, -0.1) is 10.2 Å². The number of hydrogen-bond donors (Lipinski definition) is 0. The van der Waals surface area contributed by atoms with E-state index in [9.17, 15) is 0 Å². The molecule has 0 saturated carbocycles. The number of hydrogen-bond acceptors (Lipinski definition) is 5. The van der Waals surface area contributed by atoms with E-state index in [1.165, 1.54) is 5.56 Å². The van der Waals surface area contributed by atoms with Crippen molar-refractivity contribution in [2.45, 2.75) is 24.3 Å². The van der Waals surface area contributed by atoms with Crippen LogP contribution in [0, 0.1) is 6.92 Å². The van der Waals surface area contributed by atoms with Crippen LogP contribution in [0.5, 0.6) is 5.75 Å². The lowest BCUT2D eigenvalue weighted by Gasteiger charge is -2.20. The summed E-state index contributed by atoms with van der Waals surface area (Å²) in [6.45, 7) is 4.21. The van der Waals surface area contributed by atoms with E-state index in [-0.39, 0.29) is 5.25 Å². The Morgan fingerprint density at radius 2 is 1.64 bits per heavy atom. The van der Waals surface area contributed by atoms with Gasteiger partial charge in [0.1, 0.15) is 5.75 Å². The highest BCUT2D eigenvalue weighted by Gasteiger charge is 2.26. The first-order valence-electron chi connectivity index (χ1n) is 8.08. The van der Waals surface area contributed by atoms with Crippen LogP contribution < -0.4 is 4.74 Å². The normalized spacial score (nSPS) is 16.3. The van der Waals surface area contributed by atoms with Crippen LogP contribution in [0.2, 0.25) is 0 Å². The number of nitrogens with zero attached hydrogens (tertiary/aromatic N) is 4. The highest BCUT2D eigenvalue weighted by Crippen LogP contribution is 2.33. The van der Waals surface area contributed by atoms with Crippen LogP contribution in [0.1, 0.15) is 18.1 Å². The van der Waals surface area contributed by atoms with Gasteiger partial charge in [0.25, 0.3) is 0 Å². The molecule has 3 aromatic rings. The van der Waals surface area contributed by atoms with Crippen molar-refractivity contribution in [2.24, 2.45) is 5.10 Å². The van der Waals surface area contributed by atoms with Gasteiger partial charge >= 0.3 is 0 Å². The number of thioether (sulfide) groups is 1. The Bertz CT molecular complexity index is 929. The molecule has 2 aromatic carbocycles. The van der Waals surface area contributed by atoms with E-state index in [4.69, 9.17) is 9.84 Å². The van der Waals surface area contributed by atoms with Gasteiger partial charge in [-0.25, -0.2) is 0 Å². The Kier molecular flexibility index (Phi) is 4.05. The molecule has 0 bridgehead atoms. The van der Waals surface area contributed by atoms with E-state index in [1.807, 2.05) is 28.9 Å². The second kappa shape index (κ2) is 6.37. The quantitative estimate of drug-likeness (QED) is 0.716. The Balaban J connectivity index is 1.78. The number of methoxy groups -OCH3 is 1. The lowest BCUT2D eigenvalue weighted by molar-refractivity contribution is 0.415. The van der Waals surface area contributed by atoms with E-state index in [2.05, 4.69) is 48.3 Å². The van der Waals surface area contributed by atoms with E-state index < -0.39 is 0 Å². The Hall–Kier alpha value is -2.60. The number of benzene rings is 2. The van der Waals surface area contributed by atoms with Crippen molar-refractivity contribution in [3.8, 4) is 17.1 Å². The van der Waals surface area contributed by atoms with Crippen molar-refractivity contribution < 1.29 is 4.74 Å². The molecule has 0 fully saturated rings. The predicted molar refractivity (Wildman–Crippen MR) is 100 cm³/mol. The fraction of sp³-hybridized carbons (Fsp3) is 0.211. The number of fused-ring (bicyclic) bond motifs is 1. The summed E-state index contributed by atoms with van der Waals surface area (Å²) in [7, 11) is 1.67. The van der Waals surface area contributed by atoms with Crippen molar-refractivity contribution >= 4 is 17.5 Å².